The lowest BCUT2D eigenvalue weighted by atomic mass is 10.0. The number of aryl methyl sites for hydroxylation is 1. The van der Waals surface area contributed by atoms with Gasteiger partial charge in [-0.15, -0.1) is 0 Å². The highest BCUT2D eigenvalue weighted by atomic mass is 16.5. The second-order valence-electron chi connectivity index (χ2n) is 6.32. The molecule has 0 atom stereocenters. The van der Waals surface area contributed by atoms with E-state index in [0.29, 0.717) is 18.3 Å². The summed E-state index contributed by atoms with van der Waals surface area (Å²) in [4.78, 5) is 6.77. The summed E-state index contributed by atoms with van der Waals surface area (Å²) < 4.78 is 5.34. The van der Waals surface area contributed by atoms with Gasteiger partial charge in [-0.3, -0.25) is 4.90 Å². The molecule has 1 aromatic heterocycles. The molecule has 21 heavy (non-hydrogen) atoms. The molecule has 5 heteroatoms. The number of hydrogen-bond donors (Lipinski definition) is 1. The van der Waals surface area contributed by atoms with Crippen LogP contribution in [0.4, 0.5) is 0 Å². The SMILES string of the molecule is CC(C)(N)c1noc(CN2CCCc3ccccc3C2)n1. The Kier molecular flexibility index (Phi) is 3.78. The number of nitrogens with two attached hydrogens (primary N) is 1. The van der Waals surface area contributed by atoms with Crippen molar-refractivity contribution < 1.29 is 4.52 Å². The van der Waals surface area contributed by atoms with Crippen molar-refractivity contribution >= 4 is 0 Å². The van der Waals surface area contributed by atoms with E-state index in [1.807, 2.05) is 13.8 Å². The molecule has 0 fully saturated rings. The Labute approximate surface area is 125 Å². The van der Waals surface area contributed by atoms with Gasteiger partial charge in [0.25, 0.3) is 0 Å². The maximum absolute atomic E-state index is 5.99. The smallest absolute Gasteiger partial charge is 0.240 e. The Hall–Kier alpha value is -1.72. The average molecular weight is 286 g/mol. The quantitative estimate of drug-likeness (QED) is 0.937. The molecule has 5 nitrogen and oxygen atoms in total. The van der Waals surface area contributed by atoms with Crippen LogP contribution >= 0.6 is 0 Å². The topological polar surface area (TPSA) is 68.2 Å². The van der Waals surface area contributed by atoms with Gasteiger partial charge in [0.1, 0.15) is 0 Å². The summed E-state index contributed by atoms with van der Waals surface area (Å²) in [6.45, 7) is 6.41. The molecule has 0 spiro atoms. The van der Waals surface area contributed by atoms with E-state index >= 15 is 0 Å². The van der Waals surface area contributed by atoms with Crippen LogP contribution in [0, 0.1) is 0 Å². The molecule has 0 bridgehead atoms. The molecule has 1 aromatic carbocycles. The monoisotopic (exact) mass is 286 g/mol. The average Bonchev–Trinajstić information content (AvgIpc) is 2.80. The summed E-state index contributed by atoms with van der Waals surface area (Å²) in [5.74, 6) is 1.20. The van der Waals surface area contributed by atoms with E-state index in [1.165, 1.54) is 11.1 Å². The van der Waals surface area contributed by atoms with Crippen LogP contribution in [-0.2, 0) is 25.0 Å². The minimum Gasteiger partial charge on any atom is -0.338 e. The number of rotatable bonds is 3. The first kappa shape index (κ1) is 14.2. The van der Waals surface area contributed by atoms with Gasteiger partial charge in [-0.1, -0.05) is 29.4 Å². The summed E-state index contributed by atoms with van der Waals surface area (Å²) in [5.41, 5.74) is 8.28. The second kappa shape index (κ2) is 5.58. The molecule has 0 radical (unpaired) electrons. The van der Waals surface area contributed by atoms with Crippen LogP contribution < -0.4 is 5.73 Å². The zero-order valence-corrected chi connectivity index (χ0v) is 12.7. The van der Waals surface area contributed by atoms with E-state index in [-0.39, 0.29) is 0 Å². The molecule has 2 aromatic rings. The van der Waals surface area contributed by atoms with E-state index in [1.54, 1.807) is 0 Å². The van der Waals surface area contributed by atoms with Crippen molar-refractivity contribution in [3.8, 4) is 0 Å². The predicted molar refractivity (Wildman–Crippen MR) is 80.4 cm³/mol. The minimum atomic E-state index is -0.562. The number of fused-ring (bicyclic) bond motifs is 1. The highest BCUT2D eigenvalue weighted by molar-refractivity contribution is 5.28. The van der Waals surface area contributed by atoms with Crippen molar-refractivity contribution in [2.45, 2.75) is 45.3 Å². The maximum Gasteiger partial charge on any atom is 0.240 e. The molecule has 0 saturated heterocycles. The van der Waals surface area contributed by atoms with Crippen LogP contribution in [0.3, 0.4) is 0 Å². The molecular weight excluding hydrogens is 264 g/mol. The second-order valence-corrected chi connectivity index (χ2v) is 6.32. The number of nitrogens with zero attached hydrogens (tertiary/aromatic N) is 3. The van der Waals surface area contributed by atoms with E-state index in [9.17, 15) is 0 Å². The van der Waals surface area contributed by atoms with E-state index in [0.717, 1.165) is 25.9 Å². The van der Waals surface area contributed by atoms with Crippen molar-refractivity contribution in [1.29, 1.82) is 0 Å². The normalized spacial score (nSPS) is 16.5. The third kappa shape index (κ3) is 3.31. The van der Waals surface area contributed by atoms with Crippen LogP contribution in [0.5, 0.6) is 0 Å². The lowest BCUT2D eigenvalue weighted by Gasteiger charge is -2.18. The van der Waals surface area contributed by atoms with Gasteiger partial charge in [-0.2, -0.15) is 4.98 Å². The number of benzene rings is 1. The molecule has 1 aliphatic rings. The minimum absolute atomic E-state index is 0.562. The van der Waals surface area contributed by atoms with Crippen LogP contribution in [0.15, 0.2) is 28.8 Å². The van der Waals surface area contributed by atoms with Crippen LogP contribution in [0.1, 0.15) is 43.1 Å². The highest BCUT2D eigenvalue weighted by Crippen LogP contribution is 2.20. The lowest BCUT2D eigenvalue weighted by molar-refractivity contribution is 0.221. The largest absolute Gasteiger partial charge is 0.338 e. The molecule has 3 rings (SSSR count). The van der Waals surface area contributed by atoms with Gasteiger partial charge in [0.15, 0.2) is 5.82 Å². The molecule has 2 heterocycles. The van der Waals surface area contributed by atoms with Gasteiger partial charge in [-0.05, 0) is 44.4 Å². The standard InChI is InChI=1S/C16H22N4O/c1-16(2,17)15-18-14(21-19-15)11-20-9-5-8-12-6-3-4-7-13(12)10-20/h3-4,6-7H,5,8-11,17H2,1-2H3. The fourth-order valence-corrected chi connectivity index (χ4v) is 2.68. The van der Waals surface area contributed by atoms with Crippen molar-refractivity contribution in [1.82, 2.24) is 15.0 Å². The zero-order chi connectivity index (χ0) is 14.9. The van der Waals surface area contributed by atoms with Crippen LogP contribution in [0.2, 0.25) is 0 Å². The van der Waals surface area contributed by atoms with Gasteiger partial charge in [-0.25, -0.2) is 0 Å². The number of hydrogen-bond acceptors (Lipinski definition) is 5. The lowest BCUT2D eigenvalue weighted by Crippen LogP contribution is -2.30. The van der Waals surface area contributed by atoms with Gasteiger partial charge < -0.3 is 10.3 Å². The molecule has 0 aliphatic carbocycles. The van der Waals surface area contributed by atoms with Gasteiger partial charge in [0, 0.05) is 6.54 Å². The Balaban J connectivity index is 1.72. The fourth-order valence-electron chi connectivity index (χ4n) is 2.68. The predicted octanol–water partition coefficient (Wildman–Crippen LogP) is 2.21. The first-order valence-electron chi connectivity index (χ1n) is 7.43. The first-order valence-corrected chi connectivity index (χ1v) is 7.43. The Morgan fingerprint density at radius 2 is 2.05 bits per heavy atom. The van der Waals surface area contributed by atoms with Gasteiger partial charge >= 0.3 is 0 Å². The third-order valence-corrected chi connectivity index (χ3v) is 3.84. The van der Waals surface area contributed by atoms with Gasteiger partial charge in [0.05, 0.1) is 12.1 Å². The molecule has 0 saturated carbocycles. The van der Waals surface area contributed by atoms with Crippen molar-refractivity contribution in [3.63, 3.8) is 0 Å². The summed E-state index contributed by atoms with van der Waals surface area (Å²) in [6.07, 6.45) is 2.29. The van der Waals surface area contributed by atoms with Crippen molar-refractivity contribution in [3.05, 3.63) is 47.1 Å². The molecule has 0 unspecified atom stereocenters. The molecular formula is C16H22N4O. The summed E-state index contributed by atoms with van der Waals surface area (Å²) >= 11 is 0. The Morgan fingerprint density at radius 1 is 1.29 bits per heavy atom. The van der Waals surface area contributed by atoms with Crippen LogP contribution in [-0.4, -0.2) is 21.6 Å². The van der Waals surface area contributed by atoms with Crippen molar-refractivity contribution in [2.24, 2.45) is 5.73 Å². The van der Waals surface area contributed by atoms with E-state index in [2.05, 4.69) is 39.3 Å². The number of aromatic nitrogens is 2. The molecule has 1 aliphatic heterocycles. The zero-order valence-electron chi connectivity index (χ0n) is 12.7. The summed E-state index contributed by atoms with van der Waals surface area (Å²) in [6, 6.07) is 8.64. The first-order chi connectivity index (χ1) is 10.0. The third-order valence-electron chi connectivity index (χ3n) is 3.84. The Bertz CT molecular complexity index is 615. The molecule has 0 amide bonds. The maximum atomic E-state index is 5.99. The highest BCUT2D eigenvalue weighted by Gasteiger charge is 2.23. The van der Waals surface area contributed by atoms with E-state index in [4.69, 9.17) is 10.3 Å². The fraction of sp³-hybridized carbons (Fsp3) is 0.500. The van der Waals surface area contributed by atoms with Crippen LogP contribution in [0.25, 0.3) is 0 Å². The summed E-state index contributed by atoms with van der Waals surface area (Å²) in [7, 11) is 0. The molecule has 2 N–H and O–H groups in total. The Morgan fingerprint density at radius 3 is 2.76 bits per heavy atom. The molecule has 112 valence electrons. The van der Waals surface area contributed by atoms with Gasteiger partial charge in [0.2, 0.25) is 5.89 Å². The van der Waals surface area contributed by atoms with Crippen molar-refractivity contribution in [2.75, 3.05) is 6.54 Å². The van der Waals surface area contributed by atoms with E-state index < -0.39 is 5.54 Å². The summed E-state index contributed by atoms with van der Waals surface area (Å²) in [5, 5.41) is 3.98.